The molecule has 21 heavy (non-hydrogen) atoms. The summed E-state index contributed by atoms with van der Waals surface area (Å²) in [5, 5.41) is 6.32. The minimum absolute atomic E-state index is 0.173. The highest BCUT2D eigenvalue weighted by Crippen LogP contribution is 2.30. The van der Waals surface area contributed by atoms with Crippen LogP contribution in [0.4, 0.5) is 0 Å². The Kier molecular flexibility index (Phi) is 4.60. The van der Waals surface area contributed by atoms with Gasteiger partial charge in [0, 0.05) is 12.5 Å². The lowest BCUT2D eigenvalue weighted by molar-refractivity contribution is -0.125. The van der Waals surface area contributed by atoms with E-state index in [1.807, 2.05) is 18.2 Å². The molecule has 0 aromatic heterocycles. The lowest BCUT2D eigenvalue weighted by Gasteiger charge is -2.22. The van der Waals surface area contributed by atoms with Crippen LogP contribution in [0, 0.1) is 5.92 Å². The summed E-state index contributed by atoms with van der Waals surface area (Å²) in [5.41, 5.74) is 1.16. The number of rotatable bonds is 4. The zero-order valence-corrected chi connectivity index (χ0v) is 12.2. The van der Waals surface area contributed by atoms with Crippen molar-refractivity contribution in [3.63, 3.8) is 0 Å². The zero-order chi connectivity index (χ0) is 14.5. The third-order valence-corrected chi connectivity index (χ3v) is 4.03. The lowest BCUT2D eigenvalue weighted by atomic mass is 9.97. The first kappa shape index (κ1) is 14.2. The molecule has 0 aliphatic carbocycles. The molecule has 5 nitrogen and oxygen atoms in total. The van der Waals surface area contributed by atoms with Crippen LogP contribution in [-0.4, -0.2) is 38.8 Å². The molecular weight excluding hydrogens is 268 g/mol. The summed E-state index contributed by atoms with van der Waals surface area (Å²) in [6.07, 6.45) is 2.69. The van der Waals surface area contributed by atoms with Gasteiger partial charge in [-0.1, -0.05) is 6.07 Å². The molecular formula is C16H22N2O3. The third-order valence-electron chi connectivity index (χ3n) is 4.03. The van der Waals surface area contributed by atoms with Gasteiger partial charge < -0.3 is 20.1 Å². The number of carbonyl (C=O) groups excluding carboxylic acids is 1. The predicted molar refractivity (Wildman–Crippen MR) is 79.7 cm³/mol. The molecule has 2 heterocycles. The first-order chi connectivity index (χ1) is 10.3. The third kappa shape index (κ3) is 3.67. The van der Waals surface area contributed by atoms with Crippen molar-refractivity contribution in [1.82, 2.24) is 10.6 Å². The SMILES string of the molecule is O=C(NCCc1ccc2c(c1)OCCO2)C1CCNCC1. The van der Waals surface area contributed by atoms with Gasteiger partial charge in [0.15, 0.2) is 11.5 Å². The highest BCUT2D eigenvalue weighted by atomic mass is 16.6. The molecule has 5 heteroatoms. The maximum absolute atomic E-state index is 12.0. The van der Waals surface area contributed by atoms with Crippen LogP contribution < -0.4 is 20.1 Å². The van der Waals surface area contributed by atoms with E-state index in [-0.39, 0.29) is 11.8 Å². The van der Waals surface area contributed by atoms with Crippen LogP contribution in [0.3, 0.4) is 0 Å². The van der Waals surface area contributed by atoms with Gasteiger partial charge in [-0.3, -0.25) is 4.79 Å². The Morgan fingerprint density at radius 2 is 1.95 bits per heavy atom. The average molecular weight is 290 g/mol. The molecule has 1 aromatic carbocycles. The van der Waals surface area contributed by atoms with Crippen LogP contribution in [0.1, 0.15) is 18.4 Å². The quantitative estimate of drug-likeness (QED) is 0.872. The van der Waals surface area contributed by atoms with E-state index in [0.29, 0.717) is 19.8 Å². The van der Waals surface area contributed by atoms with E-state index in [1.54, 1.807) is 0 Å². The molecule has 2 aliphatic rings. The van der Waals surface area contributed by atoms with Crippen molar-refractivity contribution in [2.45, 2.75) is 19.3 Å². The highest BCUT2D eigenvalue weighted by molar-refractivity contribution is 5.78. The van der Waals surface area contributed by atoms with E-state index in [1.165, 1.54) is 0 Å². The fourth-order valence-electron chi connectivity index (χ4n) is 2.80. The molecule has 0 atom stereocenters. The Morgan fingerprint density at radius 1 is 1.19 bits per heavy atom. The standard InChI is InChI=1S/C16H22N2O3/c19-16(13-4-6-17-7-5-13)18-8-3-12-1-2-14-15(11-12)21-10-9-20-14/h1-2,11,13,17H,3-10H2,(H,18,19). The summed E-state index contributed by atoms with van der Waals surface area (Å²) in [6, 6.07) is 5.98. The number of ether oxygens (including phenoxy) is 2. The summed E-state index contributed by atoms with van der Waals surface area (Å²) in [6.45, 7) is 3.77. The van der Waals surface area contributed by atoms with Crippen LogP contribution in [0.15, 0.2) is 18.2 Å². The molecule has 0 saturated carbocycles. The molecule has 2 aliphatic heterocycles. The number of nitrogens with one attached hydrogen (secondary N) is 2. The fraction of sp³-hybridized carbons (Fsp3) is 0.562. The van der Waals surface area contributed by atoms with E-state index >= 15 is 0 Å². The number of hydrogen-bond acceptors (Lipinski definition) is 4. The summed E-state index contributed by atoms with van der Waals surface area (Å²) >= 11 is 0. The summed E-state index contributed by atoms with van der Waals surface area (Å²) in [4.78, 5) is 12.0. The van der Waals surface area contributed by atoms with Gasteiger partial charge in [-0.15, -0.1) is 0 Å². The topological polar surface area (TPSA) is 59.6 Å². The molecule has 1 amide bonds. The number of benzene rings is 1. The Hall–Kier alpha value is -1.75. The second-order valence-corrected chi connectivity index (χ2v) is 5.54. The molecule has 1 saturated heterocycles. The summed E-state index contributed by atoms with van der Waals surface area (Å²) < 4.78 is 11.1. The molecule has 114 valence electrons. The van der Waals surface area contributed by atoms with Crippen molar-refractivity contribution in [3.8, 4) is 11.5 Å². The van der Waals surface area contributed by atoms with Gasteiger partial charge >= 0.3 is 0 Å². The van der Waals surface area contributed by atoms with Crippen LogP contribution in [0.5, 0.6) is 11.5 Å². The average Bonchev–Trinajstić information content (AvgIpc) is 2.55. The second kappa shape index (κ2) is 6.80. The highest BCUT2D eigenvalue weighted by Gasteiger charge is 2.20. The maximum atomic E-state index is 12.0. The van der Waals surface area contributed by atoms with Crippen molar-refractivity contribution in [2.24, 2.45) is 5.92 Å². The molecule has 0 spiro atoms. The van der Waals surface area contributed by atoms with Crippen LogP contribution in [0.2, 0.25) is 0 Å². The number of hydrogen-bond donors (Lipinski definition) is 2. The van der Waals surface area contributed by atoms with Gasteiger partial charge in [0.1, 0.15) is 13.2 Å². The van der Waals surface area contributed by atoms with Crippen molar-refractivity contribution in [1.29, 1.82) is 0 Å². The van der Waals surface area contributed by atoms with Crippen LogP contribution in [0.25, 0.3) is 0 Å². The molecule has 0 bridgehead atoms. The van der Waals surface area contributed by atoms with E-state index in [2.05, 4.69) is 10.6 Å². The largest absolute Gasteiger partial charge is 0.486 e. The van der Waals surface area contributed by atoms with Gasteiger partial charge in [0.2, 0.25) is 5.91 Å². The maximum Gasteiger partial charge on any atom is 0.223 e. The van der Waals surface area contributed by atoms with Crippen molar-refractivity contribution < 1.29 is 14.3 Å². The van der Waals surface area contributed by atoms with Gasteiger partial charge in [-0.05, 0) is 50.0 Å². The Morgan fingerprint density at radius 3 is 2.76 bits per heavy atom. The Balaban J connectivity index is 1.47. The summed E-state index contributed by atoms with van der Waals surface area (Å²) in [5.74, 6) is 1.98. The zero-order valence-electron chi connectivity index (χ0n) is 12.2. The molecule has 1 fully saturated rings. The number of amides is 1. The molecule has 1 aromatic rings. The first-order valence-corrected chi connectivity index (χ1v) is 7.70. The van der Waals surface area contributed by atoms with Crippen LogP contribution in [-0.2, 0) is 11.2 Å². The van der Waals surface area contributed by atoms with Crippen LogP contribution >= 0.6 is 0 Å². The molecule has 2 N–H and O–H groups in total. The fourth-order valence-corrected chi connectivity index (χ4v) is 2.80. The first-order valence-electron chi connectivity index (χ1n) is 7.70. The van der Waals surface area contributed by atoms with E-state index in [0.717, 1.165) is 49.4 Å². The predicted octanol–water partition coefficient (Wildman–Crippen LogP) is 1.12. The Labute approximate surface area is 125 Å². The van der Waals surface area contributed by atoms with E-state index < -0.39 is 0 Å². The van der Waals surface area contributed by atoms with Crippen molar-refractivity contribution >= 4 is 5.91 Å². The lowest BCUT2D eigenvalue weighted by Crippen LogP contribution is -2.38. The van der Waals surface area contributed by atoms with E-state index in [9.17, 15) is 4.79 Å². The minimum atomic E-state index is 0.173. The smallest absolute Gasteiger partial charge is 0.223 e. The summed E-state index contributed by atoms with van der Waals surface area (Å²) in [7, 11) is 0. The molecule has 0 unspecified atom stereocenters. The van der Waals surface area contributed by atoms with E-state index in [4.69, 9.17) is 9.47 Å². The van der Waals surface area contributed by atoms with Crippen molar-refractivity contribution in [2.75, 3.05) is 32.8 Å². The second-order valence-electron chi connectivity index (χ2n) is 5.54. The van der Waals surface area contributed by atoms with Crippen molar-refractivity contribution in [3.05, 3.63) is 23.8 Å². The van der Waals surface area contributed by atoms with Gasteiger partial charge in [-0.25, -0.2) is 0 Å². The Bertz CT molecular complexity index is 498. The molecule has 0 radical (unpaired) electrons. The van der Waals surface area contributed by atoms with Gasteiger partial charge in [0.05, 0.1) is 0 Å². The number of carbonyl (C=O) groups is 1. The number of piperidine rings is 1. The minimum Gasteiger partial charge on any atom is -0.486 e. The normalized spacial score (nSPS) is 18.3. The monoisotopic (exact) mass is 290 g/mol. The van der Waals surface area contributed by atoms with Gasteiger partial charge in [0.25, 0.3) is 0 Å². The number of fused-ring (bicyclic) bond motifs is 1. The van der Waals surface area contributed by atoms with Gasteiger partial charge in [-0.2, -0.15) is 0 Å². The molecule has 3 rings (SSSR count).